The first-order valence-electron chi connectivity index (χ1n) is 10.3. The van der Waals surface area contributed by atoms with E-state index in [-0.39, 0.29) is 24.0 Å². The fourth-order valence-corrected chi connectivity index (χ4v) is 3.76. The van der Waals surface area contributed by atoms with Crippen molar-refractivity contribution in [2.24, 2.45) is 5.92 Å². The number of carbonyl (C=O) groups excluding carboxylic acids is 1. The first-order chi connectivity index (χ1) is 15.2. The van der Waals surface area contributed by atoms with E-state index in [1.807, 2.05) is 12.2 Å². The smallest absolute Gasteiger partial charge is 0.326 e. The van der Waals surface area contributed by atoms with Crippen molar-refractivity contribution >= 4 is 23.9 Å². The number of nitrogens with zero attached hydrogens (tertiary/aromatic N) is 1. The first-order valence-corrected chi connectivity index (χ1v) is 10.3. The molecule has 0 fully saturated rings. The molecule has 1 aromatic carbocycles. The van der Waals surface area contributed by atoms with Crippen LogP contribution in [-0.4, -0.2) is 44.1 Å². The zero-order valence-electron chi connectivity index (χ0n) is 17.6. The molecule has 168 valence electrons. The quantitative estimate of drug-likeness (QED) is 0.466. The molecule has 0 spiro atoms. The number of aromatic amines is 1. The summed E-state index contributed by atoms with van der Waals surface area (Å²) in [6, 6.07) is 5.40. The van der Waals surface area contributed by atoms with Crippen LogP contribution in [0.2, 0.25) is 0 Å². The second-order valence-corrected chi connectivity index (χ2v) is 7.91. The van der Waals surface area contributed by atoms with Crippen LogP contribution >= 0.6 is 0 Å². The highest BCUT2D eigenvalue weighted by Gasteiger charge is 2.25. The maximum Gasteiger partial charge on any atom is 0.326 e. The Morgan fingerprint density at radius 2 is 1.94 bits per heavy atom. The molecular weight excluding hydrogens is 414 g/mol. The van der Waals surface area contributed by atoms with Crippen molar-refractivity contribution in [3.63, 3.8) is 0 Å². The molecular formula is C23H25N3O6. The Labute approximate surface area is 184 Å². The van der Waals surface area contributed by atoms with Gasteiger partial charge in [0.25, 0.3) is 11.5 Å². The lowest BCUT2D eigenvalue weighted by Crippen LogP contribution is -2.41. The van der Waals surface area contributed by atoms with Gasteiger partial charge in [0.05, 0.1) is 5.69 Å². The summed E-state index contributed by atoms with van der Waals surface area (Å²) in [6.07, 6.45) is 5.69. The van der Waals surface area contributed by atoms with Crippen LogP contribution in [0.4, 0.5) is 0 Å². The lowest BCUT2D eigenvalue weighted by Gasteiger charge is -2.13. The number of hydrogen-bond acceptors (Lipinski definition) is 5. The minimum Gasteiger partial charge on any atom is -0.481 e. The SMILES string of the molecule is Cc1nc2c(c(=O)[nH]1)CC(C/C=C/c1ccc(C(=O)N[C@@H](CCC(=O)O)C(=O)O)cc1)C2. The molecule has 9 heteroatoms. The van der Waals surface area contributed by atoms with Gasteiger partial charge in [0, 0.05) is 17.5 Å². The zero-order chi connectivity index (χ0) is 23.3. The van der Waals surface area contributed by atoms with Gasteiger partial charge in [-0.2, -0.15) is 0 Å². The van der Waals surface area contributed by atoms with Gasteiger partial charge in [0.1, 0.15) is 11.9 Å². The summed E-state index contributed by atoms with van der Waals surface area (Å²) in [4.78, 5) is 53.4. The maximum absolute atomic E-state index is 12.3. The minimum absolute atomic E-state index is 0.0547. The van der Waals surface area contributed by atoms with Crippen LogP contribution in [0.1, 0.15) is 52.3 Å². The van der Waals surface area contributed by atoms with Crippen molar-refractivity contribution in [2.45, 2.75) is 45.1 Å². The minimum atomic E-state index is -1.28. The van der Waals surface area contributed by atoms with Gasteiger partial charge in [-0.25, -0.2) is 9.78 Å². The molecule has 1 aromatic heterocycles. The fourth-order valence-electron chi connectivity index (χ4n) is 3.76. The summed E-state index contributed by atoms with van der Waals surface area (Å²) in [7, 11) is 0. The summed E-state index contributed by atoms with van der Waals surface area (Å²) < 4.78 is 0. The Bertz CT molecular complexity index is 1100. The Kier molecular flexibility index (Phi) is 7.19. The zero-order valence-corrected chi connectivity index (χ0v) is 17.6. The molecule has 2 aromatic rings. The van der Waals surface area contributed by atoms with Crippen LogP contribution in [0.3, 0.4) is 0 Å². The number of carboxylic acids is 2. The number of nitrogens with one attached hydrogen (secondary N) is 2. The number of carbonyl (C=O) groups is 3. The molecule has 1 amide bonds. The summed E-state index contributed by atoms with van der Waals surface area (Å²) in [5, 5.41) is 20.2. The van der Waals surface area contributed by atoms with Gasteiger partial charge in [-0.1, -0.05) is 24.3 Å². The number of aromatic nitrogens is 2. The van der Waals surface area contributed by atoms with Crippen molar-refractivity contribution in [2.75, 3.05) is 0 Å². The van der Waals surface area contributed by atoms with E-state index in [0.29, 0.717) is 18.2 Å². The Morgan fingerprint density at radius 1 is 1.22 bits per heavy atom. The van der Waals surface area contributed by atoms with Crippen molar-refractivity contribution in [1.29, 1.82) is 0 Å². The standard InChI is InChI=1S/C23H25N3O6/c1-13-24-19-12-15(11-17(19)22(30)25-13)4-2-3-14-5-7-16(8-6-14)21(29)26-18(23(31)32)9-10-20(27)28/h2-3,5-8,15,18H,4,9-12H2,1H3,(H,26,29)(H,27,28)(H,31,32)(H,24,25,30)/b3-2+/t15?,18-/m0/s1. The van der Waals surface area contributed by atoms with Gasteiger partial charge >= 0.3 is 11.9 Å². The molecule has 4 N–H and O–H groups in total. The van der Waals surface area contributed by atoms with Crippen molar-refractivity contribution in [3.8, 4) is 0 Å². The van der Waals surface area contributed by atoms with Crippen molar-refractivity contribution < 1.29 is 24.6 Å². The number of rotatable bonds is 9. The Balaban J connectivity index is 1.54. The lowest BCUT2D eigenvalue weighted by molar-refractivity contribution is -0.140. The lowest BCUT2D eigenvalue weighted by atomic mass is 10.0. The fraction of sp³-hybridized carbons (Fsp3) is 0.348. The van der Waals surface area contributed by atoms with Gasteiger partial charge in [-0.3, -0.25) is 14.4 Å². The van der Waals surface area contributed by atoms with E-state index in [1.165, 1.54) is 0 Å². The Hall–Kier alpha value is -3.75. The second kappa shape index (κ2) is 10.0. The van der Waals surface area contributed by atoms with Crippen LogP contribution < -0.4 is 10.9 Å². The molecule has 9 nitrogen and oxygen atoms in total. The molecule has 1 aliphatic rings. The number of allylic oxidation sites excluding steroid dienone is 1. The number of H-pyrrole nitrogens is 1. The van der Waals surface area contributed by atoms with E-state index in [9.17, 15) is 19.2 Å². The van der Waals surface area contributed by atoms with Crippen LogP contribution in [-0.2, 0) is 22.4 Å². The molecule has 1 heterocycles. The highest BCUT2D eigenvalue weighted by atomic mass is 16.4. The van der Waals surface area contributed by atoms with Crippen molar-refractivity contribution in [1.82, 2.24) is 15.3 Å². The molecule has 1 aliphatic carbocycles. The summed E-state index contributed by atoms with van der Waals surface area (Å²) >= 11 is 0. The van der Waals surface area contributed by atoms with E-state index >= 15 is 0 Å². The van der Waals surface area contributed by atoms with E-state index < -0.39 is 23.9 Å². The van der Waals surface area contributed by atoms with Gasteiger partial charge in [0.15, 0.2) is 0 Å². The monoisotopic (exact) mass is 439 g/mol. The number of amides is 1. The number of carboxylic acid groups (broad SMARTS) is 2. The highest BCUT2D eigenvalue weighted by Crippen LogP contribution is 2.25. The topological polar surface area (TPSA) is 149 Å². The summed E-state index contributed by atoms with van der Waals surface area (Å²) in [6.45, 7) is 1.77. The predicted molar refractivity (Wildman–Crippen MR) is 116 cm³/mol. The molecule has 2 atom stereocenters. The predicted octanol–water partition coefficient (Wildman–Crippen LogP) is 1.94. The normalized spacial score (nSPS) is 16.0. The number of aryl methyl sites for hydroxylation is 1. The average Bonchev–Trinajstić information content (AvgIpc) is 3.14. The van der Waals surface area contributed by atoms with Gasteiger partial charge < -0.3 is 20.5 Å². The van der Waals surface area contributed by atoms with Crippen molar-refractivity contribution in [3.05, 3.63) is 68.9 Å². The molecule has 0 saturated heterocycles. The number of fused-ring (bicyclic) bond motifs is 1. The molecule has 0 bridgehead atoms. The molecule has 32 heavy (non-hydrogen) atoms. The number of aliphatic carboxylic acids is 2. The third kappa shape index (κ3) is 5.90. The molecule has 0 radical (unpaired) electrons. The second-order valence-electron chi connectivity index (χ2n) is 7.91. The summed E-state index contributed by atoms with van der Waals surface area (Å²) in [5.41, 5.74) is 2.76. The average molecular weight is 439 g/mol. The van der Waals surface area contributed by atoms with Gasteiger partial charge in [0.2, 0.25) is 0 Å². The van der Waals surface area contributed by atoms with E-state index in [1.54, 1.807) is 31.2 Å². The van der Waals surface area contributed by atoms with Gasteiger partial charge in [-0.05, 0) is 56.2 Å². The van der Waals surface area contributed by atoms with E-state index in [0.717, 1.165) is 29.7 Å². The maximum atomic E-state index is 12.3. The van der Waals surface area contributed by atoms with E-state index in [2.05, 4.69) is 15.3 Å². The Morgan fingerprint density at radius 3 is 2.59 bits per heavy atom. The number of benzene rings is 1. The van der Waals surface area contributed by atoms with E-state index in [4.69, 9.17) is 10.2 Å². The van der Waals surface area contributed by atoms with Crippen LogP contribution in [0.25, 0.3) is 6.08 Å². The molecule has 0 aliphatic heterocycles. The largest absolute Gasteiger partial charge is 0.481 e. The van der Waals surface area contributed by atoms with Crippen LogP contribution in [0.15, 0.2) is 35.1 Å². The van der Waals surface area contributed by atoms with Crippen LogP contribution in [0.5, 0.6) is 0 Å². The third-order valence-electron chi connectivity index (χ3n) is 5.40. The first kappa shape index (κ1) is 22.9. The molecule has 0 saturated carbocycles. The van der Waals surface area contributed by atoms with Crippen LogP contribution in [0, 0.1) is 12.8 Å². The van der Waals surface area contributed by atoms with Gasteiger partial charge in [-0.15, -0.1) is 0 Å². The third-order valence-corrected chi connectivity index (χ3v) is 5.40. The highest BCUT2D eigenvalue weighted by molar-refractivity contribution is 5.96. The molecule has 1 unspecified atom stereocenters. The number of hydrogen-bond donors (Lipinski definition) is 4. The summed E-state index contributed by atoms with van der Waals surface area (Å²) in [5.74, 6) is -2.02. The molecule has 3 rings (SSSR count).